The quantitative estimate of drug-likeness (QED) is 0.813. The van der Waals surface area contributed by atoms with E-state index in [1.807, 2.05) is 23.1 Å². The molecule has 1 aromatic rings. The predicted molar refractivity (Wildman–Crippen MR) is 80.3 cm³/mol. The minimum atomic E-state index is -0.0658. The van der Waals surface area contributed by atoms with E-state index in [-0.39, 0.29) is 24.2 Å². The summed E-state index contributed by atoms with van der Waals surface area (Å²) in [5.41, 5.74) is 3.30. The molecule has 1 atom stereocenters. The van der Waals surface area contributed by atoms with Crippen molar-refractivity contribution in [2.45, 2.75) is 38.5 Å². The molecule has 21 heavy (non-hydrogen) atoms. The molecule has 4 nitrogen and oxygen atoms in total. The zero-order valence-corrected chi connectivity index (χ0v) is 12.2. The van der Waals surface area contributed by atoms with Crippen molar-refractivity contribution in [2.24, 2.45) is 5.92 Å². The van der Waals surface area contributed by atoms with Crippen LogP contribution >= 0.6 is 0 Å². The molecule has 0 saturated carbocycles. The number of nitrogens with zero attached hydrogens (tertiary/aromatic N) is 1. The van der Waals surface area contributed by atoms with Gasteiger partial charge in [-0.2, -0.15) is 0 Å². The van der Waals surface area contributed by atoms with Crippen molar-refractivity contribution in [1.82, 2.24) is 0 Å². The van der Waals surface area contributed by atoms with Crippen LogP contribution in [0.15, 0.2) is 18.2 Å². The van der Waals surface area contributed by atoms with Gasteiger partial charge >= 0.3 is 0 Å². The van der Waals surface area contributed by atoms with Gasteiger partial charge in [-0.05, 0) is 30.4 Å². The summed E-state index contributed by atoms with van der Waals surface area (Å²) in [6.45, 7) is 0.734. The summed E-state index contributed by atoms with van der Waals surface area (Å²) in [5.74, 6) is 0.308. The minimum absolute atomic E-state index is 0.0658. The fourth-order valence-electron chi connectivity index (χ4n) is 3.43. The van der Waals surface area contributed by atoms with Crippen LogP contribution in [0, 0.1) is 5.92 Å². The van der Waals surface area contributed by atoms with Crippen LogP contribution in [0.25, 0.3) is 0 Å². The Balaban J connectivity index is 1.69. The normalized spacial score (nSPS) is 19.8. The van der Waals surface area contributed by atoms with Crippen LogP contribution in [-0.4, -0.2) is 29.9 Å². The van der Waals surface area contributed by atoms with Gasteiger partial charge in [0, 0.05) is 25.5 Å². The van der Waals surface area contributed by atoms with Crippen molar-refractivity contribution in [3.8, 4) is 0 Å². The van der Waals surface area contributed by atoms with Crippen LogP contribution in [-0.2, 0) is 22.4 Å². The van der Waals surface area contributed by atoms with E-state index in [4.69, 9.17) is 5.11 Å². The van der Waals surface area contributed by atoms with Crippen LogP contribution in [0.2, 0.25) is 0 Å². The predicted octanol–water partition coefficient (Wildman–Crippen LogP) is 1.87. The van der Waals surface area contributed by atoms with Crippen LogP contribution in [0.4, 0.5) is 5.69 Å². The molecule has 2 heterocycles. The first-order chi connectivity index (χ1) is 10.2. The molecular formula is C17H21NO3. The lowest BCUT2D eigenvalue weighted by atomic mass is 9.87. The summed E-state index contributed by atoms with van der Waals surface area (Å²) >= 11 is 0. The molecule has 112 valence electrons. The van der Waals surface area contributed by atoms with Gasteiger partial charge in [0.05, 0.1) is 12.1 Å². The average Bonchev–Trinajstić information content (AvgIpc) is 2.81. The Morgan fingerprint density at radius 1 is 1.24 bits per heavy atom. The number of rotatable bonds is 6. The van der Waals surface area contributed by atoms with Gasteiger partial charge in [0.1, 0.15) is 5.78 Å². The van der Waals surface area contributed by atoms with Crippen molar-refractivity contribution in [2.75, 3.05) is 18.1 Å². The van der Waals surface area contributed by atoms with Gasteiger partial charge in [-0.1, -0.05) is 24.6 Å². The highest BCUT2D eigenvalue weighted by Crippen LogP contribution is 2.38. The number of ketones is 1. The third-order valence-electron chi connectivity index (χ3n) is 4.52. The van der Waals surface area contributed by atoms with E-state index in [1.165, 1.54) is 0 Å². The summed E-state index contributed by atoms with van der Waals surface area (Å²) in [4.78, 5) is 26.3. The summed E-state index contributed by atoms with van der Waals surface area (Å²) in [6.07, 6.45) is 4.26. The van der Waals surface area contributed by atoms with Crippen molar-refractivity contribution in [3.63, 3.8) is 0 Å². The third kappa shape index (κ3) is 2.72. The van der Waals surface area contributed by atoms with Gasteiger partial charge in [0.15, 0.2) is 0 Å². The molecule has 0 radical (unpaired) electrons. The fourth-order valence-corrected chi connectivity index (χ4v) is 3.43. The summed E-state index contributed by atoms with van der Waals surface area (Å²) in [5, 5.41) is 8.76. The zero-order valence-electron chi connectivity index (χ0n) is 12.2. The molecule has 1 unspecified atom stereocenters. The molecule has 4 heteroatoms. The van der Waals surface area contributed by atoms with E-state index in [1.54, 1.807) is 0 Å². The van der Waals surface area contributed by atoms with Gasteiger partial charge in [-0.25, -0.2) is 0 Å². The number of aliphatic hydroxyl groups is 1. The van der Waals surface area contributed by atoms with E-state index in [0.717, 1.165) is 42.5 Å². The van der Waals surface area contributed by atoms with E-state index < -0.39 is 0 Å². The Kier molecular flexibility index (Phi) is 4.06. The van der Waals surface area contributed by atoms with Gasteiger partial charge < -0.3 is 10.0 Å². The van der Waals surface area contributed by atoms with E-state index >= 15 is 0 Å². The second-order valence-corrected chi connectivity index (χ2v) is 6.01. The number of hydrogen-bond acceptors (Lipinski definition) is 3. The Hall–Kier alpha value is -1.68. The molecule has 0 aromatic heterocycles. The number of Topliss-reactive ketones (excluding diaryl/α,β-unsaturated/α-hetero) is 1. The number of carbonyl (C=O) groups is 2. The highest BCUT2D eigenvalue weighted by atomic mass is 16.3. The summed E-state index contributed by atoms with van der Waals surface area (Å²) < 4.78 is 0. The number of amides is 1. The Bertz CT molecular complexity index is 567. The number of aliphatic hydroxyl groups excluding tert-OH is 1. The molecule has 0 aliphatic carbocycles. The van der Waals surface area contributed by atoms with Crippen molar-refractivity contribution < 1.29 is 14.7 Å². The van der Waals surface area contributed by atoms with Gasteiger partial charge in [-0.15, -0.1) is 0 Å². The lowest BCUT2D eigenvalue weighted by Gasteiger charge is -2.31. The van der Waals surface area contributed by atoms with Gasteiger partial charge in [0.2, 0.25) is 5.91 Å². The number of hydrogen-bond donors (Lipinski definition) is 1. The number of benzene rings is 1. The number of unbranched alkanes of at least 4 members (excludes halogenated alkanes) is 2. The van der Waals surface area contributed by atoms with E-state index in [2.05, 4.69) is 0 Å². The largest absolute Gasteiger partial charge is 0.396 e. The second-order valence-electron chi connectivity index (χ2n) is 6.01. The Morgan fingerprint density at radius 3 is 2.86 bits per heavy atom. The smallest absolute Gasteiger partial charge is 0.231 e. The van der Waals surface area contributed by atoms with Crippen LogP contribution in [0.5, 0.6) is 0 Å². The van der Waals surface area contributed by atoms with Gasteiger partial charge in [-0.3, -0.25) is 9.59 Å². The molecule has 0 bridgehead atoms. The molecule has 1 N–H and O–H groups in total. The molecule has 2 aliphatic rings. The molecule has 0 saturated heterocycles. The van der Waals surface area contributed by atoms with E-state index in [0.29, 0.717) is 19.4 Å². The molecule has 2 aliphatic heterocycles. The van der Waals surface area contributed by atoms with Crippen molar-refractivity contribution in [1.29, 1.82) is 0 Å². The molecule has 1 aromatic carbocycles. The maximum atomic E-state index is 12.4. The highest BCUT2D eigenvalue weighted by Gasteiger charge is 2.37. The maximum absolute atomic E-state index is 12.4. The summed E-state index contributed by atoms with van der Waals surface area (Å²) in [6, 6.07) is 6.03. The first-order valence-corrected chi connectivity index (χ1v) is 7.75. The standard InChI is InChI=1S/C17H21NO3/c19-8-3-1-2-7-15(20)14-9-12-5-4-6-13-10-16(21)18(11-14)17(12)13/h4-6,14,19H,1-3,7-11H2. The van der Waals surface area contributed by atoms with Gasteiger partial charge in [0.25, 0.3) is 0 Å². The van der Waals surface area contributed by atoms with Crippen LogP contribution in [0.3, 0.4) is 0 Å². The molecule has 0 fully saturated rings. The molecule has 3 rings (SSSR count). The van der Waals surface area contributed by atoms with Crippen LogP contribution in [0.1, 0.15) is 36.8 Å². The topological polar surface area (TPSA) is 57.6 Å². The van der Waals surface area contributed by atoms with Crippen molar-refractivity contribution in [3.05, 3.63) is 29.3 Å². The average molecular weight is 287 g/mol. The SMILES string of the molecule is O=C(CCCCCO)C1Cc2cccc3c2N(C1)C(=O)C3. The number of carbonyl (C=O) groups excluding carboxylic acids is 2. The second kappa shape index (κ2) is 5.98. The number of para-hydroxylation sites is 1. The monoisotopic (exact) mass is 287 g/mol. The number of anilines is 1. The Morgan fingerprint density at radius 2 is 2.05 bits per heavy atom. The van der Waals surface area contributed by atoms with Crippen molar-refractivity contribution >= 4 is 17.4 Å². The summed E-state index contributed by atoms with van der Waals surface area (Å²) in [7, 11) is 0. The molecule has 0 spiro atoms. The lowest BCUT2D eigenvalue weighted by Crippen LogP contribution is -2.40. The first kappa shape index (κ1) is 14.3. The minimum Gasteiger partial charge on any atom is -0.396 e. The molecular weight excluding hydrogens is 266 g/mol. The fraction of sp³-hybridized carbons (Fsp3) is 0.529. The molecule has 1 amide bonds. The Labute approximate surface area is 124 Å². The maximum Gasteiger partial charge on any atom is 0.231 e. The van der Waals surface area contributed by atoms with Crippen LogP contribution < -0.4 is 4.90 Å². The van der Waals surface area contributed by atoms with E-state index in [9.17, 15) is 9.59 Å². The first-order valence-electron chi connectivity index (χ1n) is 7.75. The zero-order chi connectivity index (χ0) is 14.8. The highest BCUT2D eigenvalue weighted by molar-refractivity contribution is 6.03. The lowest BCUT2D eigenvalue weighted by molar-refractivity contribution is -0.123. The third-order valence-corrected chi connectivity index (χ3v) is 4.52.